The molecular formula is C19H17F3N4O2S. The van der Waals surface area contributed by atoms with Crippen LogP contribution in [0.4, 0.5) is 18.3 Å². The van der Waals surface area contributed by atoms with E-state index in [9.17, 15) is 23.1 Å². The molecule has 0 amide bonds. The summed E-state index contributed by atoms with van der Waals surface area (Å²) in [5.41, 5.74) is 1.60. The largest absolute Gasteiger partial charge is 0.477 e. The Morgan fingerprint density at radius 3 is 2.45 bits per heavy atom. The number of carboxylic acid groups (broad SMARTS) is 1. The Bertz CT molecular complexity index is 1010. The van der Waals surface area contributed by atoms with Gasteiger partial charge in [0.25, 0.3) is 0 Å². The molecule has 6 nitrogen and oxygen atoms in total. The SMILES string of the molecule is Cc1nc(N2C=NN(Cc3ccc(C(F)(F)F)cc3)C2=C2CCC2)sc1C(=O)O. The van der Waals surface area contributed by atoms with E-state index in [0.29, 0.717) is 22.9 Å². The molecule has 1 saturated carbocycles. The van der Waals surface area contributed by atoms with Gasteiger partial charge in [-0.15, -0.1) is 0 Å². The van der Waals surface area contributed by atoms with Crippen molar-refractivity contribution < 1.29 is 23.1 Å². The van der Waals surface area contributed by atoms with Crippen molar-refractivity contribution >= 4 is 28.8 Å². The third-order valence-electron chi connectivity index (χ3n) is 4.85. The Kier molecular flexibility index (Phi) is 4.81. The molecule has 29 heavy (non-hydrogen) atoms. The minimum atomic E-state index is -4.37. The molecule has 0 radical (unpaired) electrons. The lowest BCUT2D eigenvalue weighted by atomic mass is 9.92. The van der Waals surface area contributed by atoms with Crippen molar-refractivity contribution in [3.8, 4) is 0 Å². The molecule has 0 unspecified atom stereocenters. The van der Waals surface area contributed by atoms with E-state index in [1.54, 1.807) is 23.2 Å². The van der Waals surface area contributed by atoms with E-state index in [1.807, 2.05) is 0 Å². The predicted octanol–water partition coefficient (Wildman–Crippen LogP) is 4.83. The first kappa shape index (κ1) is 19.4. The fraction of sp³-hybridized carbons (Fsp3) is 0.316. The number of aromatic nitrogens is 1. The van der Waals surface area contributed by atoms with Crippen LogP contribution in [0.2, 0.25) is 0 Å². The van der Waals surface area contributed by atoms with Crippen LogP contribution in [0.5, 0.6) is 0 Å². The predicted molar refractivity (Wildman–Crippen MR) is 103 cm³/mol. The number of alkyl halides is 3. The molecule has 152 valence electrons. The lowest BCUT2D eigenvalue weighted by Crippen LogP contribution is -2.27. The summed E-state index contributed by atoms with van der Waals surface area (Å²) in [7, 11) is 0. The molecule has 1 fully saturated rings. The van der Waals surface area contributed by atoms with E-state index in [0.717, 1.165) is 48.6 Å². The third-order valence-corrected chi connectivity index (χ3v) is 6.00. The zero-order valence-electron chi connectivity index (χ0n) is 15.4. The minimum Gasteiger partial charge on any atom is -0.477 e. The second-order valence-electron chi connectivity index (χ2n) is 6.85. The number of nitrogens with zero attached hydrogens (tertiary/aromatic N) is 4. The number of allylic oxidation sites excluding steroid dienone is 1. The van der Waals surface area contributed by atoms with Gasteiger partial charge in [0.1, 0.15) is 17.0 Å². The summed E-state index contributed by atoms with van der Waals surface area (Å²) >= 11 is 1.07. The number of hydrazone groups is 1. The van der Waals surface area contributed by atoms with Gasteiger partial charge >= 0.3 is 12.1 Å². The van der Waals surface area contributed by atoms with Crippen LogP contribution < -0.4 is 4.90 Å². The molecule has 4 rings (SSSR count). The Morgan fingerprint density at radius 1 is 1.24 bits per heavy atom. The summed E-state index contributed by atoms with van der Waals surface area (Å²) in [5.74, 6) is -0.219. The van der Waals surface area contributed by atoms with E-state index in [2.05, 4.69) is 10.1 Å². The van der Waals surface area contributed by atoms with E-state index >= 15 is 0 Å². The van der Waals surface area contributed by atoms with Crippen molar-refractivity contribution in [1.29, 1.82) is 0 Å². The zero-order chi connectivity index (χ0) is 20.8. The zero-order valence-corrected chi connectivity index (χ0v) is 16.2. The molecule has 10 heteroatoms. The van der Waals surface area contributed by atoms with Crippen LogP contribution in [0.15, 0.2) is 40.8 Å². The number of carbonyl (C=O) groups is 1. The smallest absolute Gasteiger partial charge is 0.416 e. The van der Waals surface area contributed by atoms with E-state index in [1.165, 1.54) is 17.7 Å². The number of aryl methyl sites for hydroxylation is 1. The monoisotopic (exact) mass is 422 g/mol. The van der Waals surface area contributed by atoms with Gasteiger partial charge in [0.2, 0.25) is 0 Å². The molecular weight excluding hydrogens is 405 g/mol. The lowest BCUT2D eigenvalue weighted by Gasteiger charge is -2.28. The van der Waals surface area contributed by atoms with Gasteiger partial charge in [0.15, 0.2) is 5.13 Å². The van der Waals surface area contributed by atoms with Crippen molar-refractivity contribution in [1.82, 2.24) is 9.99 Å². The van der Waals surface area contributed by atoms with Gasteiger partial charge in [0.05, 0.1) is 17.8 Å². The molecule has 1 aromatic heterocycles. The van der Waals surface area contributed by atoms with Crippen molar-refractivity contribution in [3.05, 3.63) is 57.4 Å². The minimum absolute atomic E-state index is 0.174. The number of hydrogen-bond donors (Lipinski definition) is 1. The number of benzene rings is 1. The lowest BCUT2D eigenvalue weighted by molar-refractivity contribution is -0.137. The normalized spacial score (nSPS) is 16.6. The number of anilines is 1. The Balaban J connectivity index is 1.60. The van der Waals surface area contributed by atoms with E-state index in [4.69, 9.17) is 0 Å². The van der Waals surface area contributed by atoms with Gasteiger partial charge in [-0.25, -0.2) is 14.8 Å². The first-order valence-corrected chi connectivity index (χ1v) is 9.75. The third kappa shape index (κ3) is 3.71. The summed E-state index contributed by atoms with van der Waals surface area (Å²) in [6, 6.07) is 5.01. The maximum atomic E-state index is 12.8. The number of carboxylic acids is 1. The van der Waals surface area contributed by atoms with Crippen LogP contribution in [0.1, 0.15) is 45.8 Å². The molecule has 0 bridgehead atoms. The number of rotatable bonds is 4. The Labute approximate surface area is 168 Å². The fourth-order valence-electron chi connectivity index (χ4n) is 3.19. The fourth-order valence-corrected chi connectivity index (χ4v) is 4.07. The molecule has 2 aliphatic rings. The molecule has 2 aromatic rings. The second kappa shape index (κ2) is 7.18. The van der Waals surface area contributed by atoms with Crippen LogP contribution >= 0.6 is 11.3 Å². The highest BCUT2D eigenvalue weighted by atomic mass is 32.1. The van der Waals surface area contributed by atoms with Gasteiger partial charge in [-0.3, -0.25) is 4.90 Å². The van der Waals surface area contributed by atoms with Gasteiger partial charge in [0, 0.05) is 0 Å². The second-order valence-corrected chi connectivity index (χ2v) is 7.83. The van der Waals surface area contributed by atoms with E-state index in [-0.39, 0.29) is 4.88 Å². The number of aromatic carboxylic acids is 1. The average molecular weight is 422 g/mol. The summed E-state index contributed by atoms with van der Waals surface area (Å²) in [6.07, 6.45) is 0.0567. The van der Waals surface area contributed by atoms with Crippen LogP contribution in [0, 0.1) is 6.92 Å². The topological polar surface area (TPSA) is 69.0 Å². The molecule has 0 saturated heterocycles. The maximum Gasteiger partial charge on any atom is 0.416 e. The molecule has 0 spiro atoms. The van der Waals surface area contributed by atoms with Crippen molar-refractivity contribution in [3.63, 3.8) is 0 Å². The highest BCUT2D eigenvalue weighted by molar-refractivity contribution is 7.17. The number of hydrogen-bond acceptors (Lipinski definition) is 6. The highest BCUT2D eigenvalue weighted by Gasteiger charge is 2.33. The van der Waals surface area contributed by atoms with Crippen LogP contribution in [0.25, 0.3) is 0 Å². The summed E-state index contributed by atoms with van der Waals surface area (Å²) in [5, 5.41) is 15.9. The Morgan fingerprint density at radius 2 is 1.93 bits per heavy atom. The van der Waals surface area contributed by atoms with Crippen molar-refractivity contribution in [2.45, 2.75) is 38.9 Å². The number of halogens is 3. The average Bonchev–Trinajstić information content (AvgIpc) is 3.17. The molecule has 1 N–H and O–H groups in total. The van der Waals surface area contributed by atoms with Crippen molar-refractivity contribution in [2.24, 2.45) is 5.10 Å². The van der Waals surface area contributed by atoms with Gasteiger partial charge < -0.3 is 5.11 Å². The van der Waals surface area contributed by atoms with Gasteiger partial charge in [-0.2, -0.15) is 18.3 Å². The standard InChI is InChI=1S/C19H17F3N4O2S/c1-11-15(17(27)28)29-18(24-11)25-10-23-26(16(25)13-3-2-4-13)9-12-5-7-14(8-6-12)19(20,21)22/h5-8,10H,2-4,9H2,1H3,(H,27,28). The number of thiazole rings is 1. The Hall–Kier alpha value is -2.88. The summed E-state index contributed by atoms with van der Waals surface area (Å²) < 4.78 is 38.3. The molecule has 1 aliphatic carbocycles. The van der Waals surface area contributed by atoms with Gasteiger partial charge in [-0.05, 0) is 49.5 Å². The molecule has 2 heterocycles. The summed E-state index contributed by atoms with van der Waals surface area (Å²) in [4.78, 5) is 17.7. The van der Waals surface area contributed by atoms with Crippen LogP contribution in [-0.4, -0.2) is 27.4 Å². The summed E-state index contributed by atoms with van der Waals surface area (Å²) in [6.45, 7) is 1.95. The highest BCUT2D eigenvalue weighted by Crippen LogP contribution is 2.38. The molecule has 0 atom stereocenters. The maximum absolute atomic E-state index is 12.8. The van der Waals surface area contributed by atoms with Crippen LogP contribution in [-0.2, 0) is 12.7 Å². The van der Waals surface area contributed by atoms with Crippen molar-refractivity contribution in [2.75, 3.05) is 4.90 Å². The quantitative estimate of drug-likeness (QED) is 0.764. The first-order chi connectivity index (χ1) is 13.7. The van der Waals surface area contributed by atoms with Gasteiger partial charge in [-0.1, -0.05) is 23.5 Å². The van der Waals surface area contributed by atoms with Crippen LogP contribution in [0.3, 0.4) is 0 Å². The molecule has 1 aromatic carbocycles. The first-order valence-electron chi connectivity index (χ1n) is 8.94. The van der Waals surface area contributed by atoms with E-state index < -0.39 is 17.7 Å². The molecule has 1 aliphatic heterocycles.